The van der Waals surface area contributed by atoms with Gasteiger partial charge in [0.2, 0.25) is 0 Å². The maximum atomic E-state index is 14.1. The summed E-state index contributed by atoms with van der Waals surface area (Å²) in [5.74, 6) is 4.33. The minimum Gasteiger partial charge on any atom is -0.386 e. The van der Waals surface area contributed by atoms with Gasteiger partial charge in [-0.25, -0.2) is 22.9 Å². The van der Waals surface area contributed by atoms with Gasteiger partial charge in [0.15, 0.2) is 17.4 Å². The fourth-order valence-corrected chi connectivity index (χ4v) is 5.95. The van der Waals surface area contributed by atoms with Crippen molar-refractivity contribution in [1.29, 1.82) is 0 Å². The summed E-state index contributed by atoms with van der Waals surface area (Å²) in [7, 11) is -17.3. The first-order valence-corrected chi connectivity index (χ1v) is 13.1. The molecule has 21 heteroatoms. The first-order chi connectivity index (χ1) is 15.4. The lowest BCUT2D eigenvalue weighted by molar-refractivity contribution is -0.137. The van der Waals surface area contributed by atoms with Crippen LogP contribution in [-0.2, 0) is 31.6 Å². The normalized spacial score (nSPS) is 30.7. The summed E-state index contributed by atoms with van der Waals surface area (Å²) in [5.41, 5.74) is -7.55. The van der Waals surface area contributed by atoms with E-state index in [4.69, 9.17) is 14.5 Å². The zero-order valence-corrected chi connectivity index (χ0v) is 19.4. The Balaban J connectivity index is 2.39. The average molecular weight is 554 g/mol. The van der Waals surface area contributed by atoms with E-state index in [1.807, 2.05) is 4.98 Å². The molecule has 7 N–H and O–H groups in total. The van der Waals surface area contributed by atoms with Crippen LogP contribution in [0.15, 0.2) is 21.9 Å². The monoisotopic (exact) mass is 554 g/mol. The van der Waals surface area contributed by atoms with Gasteiger partial charge in [0.05, 0.1) is 6.61 Å². The van der Waals surface area contributed by atoms with E-state index in [0.717, 1.165) is 12.3 Å². The van der Waals surface area contributed by atoms with Gasteiger partial charge >= 0.3 is 29.2 Å². The molecular weight excluding hydrogens is 536 g/mol. The number of alkyl halides is 1. The van der Waals surface area contributed by atoms with Crippen molar-refractivity contribution in [2.24, 2.45) is 0 Å². The number of rotatable bonds is 9. The van der Waals surface area contributed by atoms with Gasteiger partial charge in [-0.05, 0) is 6.92 Å². The first kappa shape index (κ1) is 28.7. The second-order valence-corrected chi connectivity index (χ2v) is 11.1. The first-order valence-electron chi connectivity index (χ1n) is 8.58. The molecule has 0 spiro atoms. The number of aliphatic hydroxyl groups is 2. The van der Waals surface area contributed by atoms with Gasteiger partial charge in [0.25, 0.3) is 5.56 Å². The minimum atomic E-state index is -5.90. The van der Waals surface area contributed by atoms with Gasteiger partial charge in [0, 0.05) is 12.3 Å². The Hall–Kier alpha value is -1.54. The zero-order valence-electron chi connectivity index (χ0n) is 16.7. The number of H-pyrrole nitrogens is 1. The van der Waals surface area contributed by atoms with E-state index in [2.05, 4.69) is 25.0 Å². The SMILES string of the molecule is CC#C[C@@]1(O)C(O)[C@@](CF)(COP(=O)(O)OP(=O)(O)OP(=O)(O)O)O[C@H]1n1ccc(=O)[nH]c1=O. The third-order valence-electron chi connectivity index (χ3n) is 4.18. The van der Waals surface area contributed by atoms with Gasteiger partial charge in [-0.2, -0.15) is 8.62 Å². The van der Waals surface area contributed by atoms with E-state index >= 15 is 0 Å². The predicted octanol–water partition coefficient (Wildman–Crippen LogP) is -1.77. The van der Waals surface area contributed by atoms with Crippen LogP contribution in [0.4, 0.5) is 4.39 Å². The molecule has 0 amide bonds. The number of ether oxygens (including phenoxy) is 1. The third kappa shape index (κ3) is 6.36. The molecule has 0 aliphatic carbocycles. The van der Waals surface area contributed by atoms with Crippen molar-refractivity contribution in [2.45, 2.75) is 30.5 Å². The topological polar surface area (TPSA) is 264 Å². The van der Waals surface area contributed by atoms with Crippen molar-refractivity contribution in [2.75, 3.05) is 13.3 Å². The summed E-state index contributed by atoms with van der Waals surface area (Å²) in [6.45, 7) is -2.08. The molecule has 2 rings (SSSR count). The number of nitrogens with one attached hydrogen (secondary N) is 1. The molecule has 1 aromatic heterocycles. The summed E-state index contributed by atoms with van der Waals surface area (Å²) < 4.78 is 65.3. The maximum Gasteiger partial charge on any atom is 0.490 e. The molecule has 0 aromatic carbocycles. The van der Waals surface area contributed by atoms with Crippen molar-refractivity contribution in [3.8, 4) is 11.8 Å². The Morgan fingerprint density at radius 1 is 1.21 bits per heavy atom. The number of phosphoric ester groups is 1. The van der Waals surface area contributed by atoms with E-state index in [0.29, 0.717) is 4.57 Å². The molecule has 34 heavy (non-hydrogen) atoms. The fraction of sp³-hybridized carbons (Fsp3) is 0.538. The van der Waals surface area contributed by atoms with Crippen LogP contribution in [0.2, 0.25) is 0 Å². The highest BCUT2D eigenvalue weighted by molar-refractivity contribution is 7.66. The predicted molar refractivity (Wildman–Crippen MR) is 104 cm³/mol. The fourth-order valence-electron chi connectivity index (χ4n) is 2.87. The number of hydrogen-bond acceptors (Lipinski definition) is 11. The average Bonchev–Trinajstić information content (AvgIpc) is 2.86. The van der Waals surface area contributed by atoms with Crippen LogP contribution >= 0.6 is 23.5 Å². The number of aromatic amines is 1. The Kier molecular flexibility index (Phi) is 8.31. The van der Waals surface area contributed by atoms with E-state index in [1.54, 1.807) is 0 Å². The number of aromatic nitrogens is 2. The van der Waals surface area contributed by atoms with Gasteiger partial charge < -0.3 is 34.5 Å². The smallest absolute Gasteiger partial charge is 0.386 e. The second-order valence-electron chi connectivity index (χ2n) is 6.65. The van der Waals surface area contributed by atoms with Crippen molar-refractivity contribution in [3.05, 3.63) is 33.1 Å². The quantitative estimate of drug-likeness (QED) is 0.132. The molecule has 192 valence electrons. The molecule has 1 saturated heterocycles. The molecular formula is C13H18FN2O15P3. The molecule has 1 aliphatic heterocycles. The summed E-state index contributed by atoms with van der Waals surface area (Å²) in [6, 6.07) is 0.818. The van der Waals surface area contributed by atoms with Crippen molar-refractivity contribution in [1.82, 2.24) is 9.55 Å². The molecule has 0 bridgehead atoms. The number of nitrogens with zero attached hydrogens (tertiary/aromatic N) is 1. The van der Waals surface area contributed by atoms with Gasteiger partial charge in [-0.1, -0.05) is 5.92 Å². The molecule has 6 atom stereocenters. The van der Waals surface area contributed by atoms with Crippen LogP contribution < -0.4 is 11.2 Å². The van der Waals surface area contributed by atoms with Crippen LogP contribution in [0, 0.1) is 11.8 Å². The van der Waals surface area contributed by atoms with Gasteiger partial charge in [-0.15, -0.1) is 5.92 Å². The maximum absolute atomic E-state index is 14.1. The lowest BCUT2D eigenvalue weighted by Crippen LogP contribution is -2.54. The van der Waals surface area contributed by atoms with Crippen LogP contribution in [0.1, 0.15) is 13.2 Å². The summed E-state index contributed by atoms with van der Waals surface area (Å²) in [6.07, 6.45) is -3.61. The summed E-state index contributed by atoms with van der Waals surface area (Å²) in [4.78, 5) is 61.1. The molecule has 1 aromatic rings. The standard InChI is InChI=1S/C13H18FN2O15P3/c1-2-4-13(20)9(18)12(6-14,29-10(13)16-5-3-8(17)15-11(16)19)7-28-33(24,25)31-34(26,27)30-32(21,22)23/h3,5,9-10,18,20H,6-7H2,1H3,(H,24,25)(H,26,27)(H,15,17,19)(H2,21,22,23)/t9?,10-,12-,13-/m1/s1. The van der Waals surface area contributed by atoms with E-state index < -0.39 is 71.5 Å². The van der Waals surface area contributed by atoms with Crippen LogP contribution in [-0.4, -0.2) is 69.9 Å². The largest absolute Gasteiger partial charge is 0.490 e. The lowest BCUT2D eigenvalue weighted by atomic mass is 9.87. The van der Waals surface area contributed by atoms with Crippen LogP contribution in [0.25, 0.3) is 0 Å². The second kappa shape index (κ2) is 9.84. The van der Waals surface area contributed by atoms with Crippen molar-refractivity contribution >= 4 is 23.5 Å². The Morgan fingerprint density at radius 3 is 2.32 bits per heavy atom. The van der Waals surface area contributed by atoms with E-state index in [-0.39, 0.29) is 0 Å². The van der Waals surface area contributed by atoms with Crippen LogP contribution in [0.3, 0.4) is 0 Å². The minimum absolute atomic E-state index is 0.525. The molecule has 17 nitrogen and oxygen atoms in total. The van der Waals surface area contributed by atoms with Crippen molar-refractivity contribution < 1.29 is 65.8 Å². The van der Waals surface area contributed by atoms with E-state index in [1.165, 1.54) is 6.92 Å². The number of aliphatic hydroxyl groups excluding tert-OH is 1. The molecule has 3 unspecified atom stereocenters. The molecule has 0 saturated carbocycles. The van der Waals surface area contributed by atoms with Crippen molar-refractivity contribution in [3.63, 3.8) is 0 Å². The molecule has 1 fully saturated rings. The number of hydrogen-bond donors (Lipinski definition) is 7. The Morgan fingerprint density at radius 2 is 1.82 bits per heavy atom. The summed E-state index contributed by atoms with van der Waals surface area (Å²) >= 11 is 0. The number of halogens is 1. The molecule has 1 aliphatic rings. The Bertz CT molecular complexity index is 1250. The highest BCUT2D eigenvalue weighted by Gasteiger charge is 2.65. The lowest BCUT2D eigenvalue weighted by Gasteiger charge is -2.30. The zero-order chi connectivity index (χ0) is 26.2. The Labute approximate surface area is 188 Å². The molecule has 0 radical (unpaired) electrons. The summed E-state index contributed by atoms with van der Waals surface area (Å²) in [5, 5.41) is 21.5. The third-order valence-corrected chi connectivity index (χ3v) is 7.96. The van der Waals surface area contributed by atoms with Gasteiger partial charge in [0.1, 0.15) is 12.8 Å². The highest BCUT2D eigenvalue weighted by Crippen LogP contribution is 2.66. The number of phosphoric acid groups is 3. The molecule has 2 heterocycles. The van der Waals surface area contributed by atoms with Crippen LogP contribution in [0.5, 0.6) is 0 Å². The van der Waals surface area contributed by atoms with Gasteiger partial charge in [-0.3, -0.25) is 18.9 Å². The van der Waals surface area contributed by atoms with E-state index in [9.17, 15) is 47.7 Å². The highest BCUT2D eigenvalue weighted by atomic mass is 31.3.